The lowest BCUT2D eigenvalue weighted by atomic mass is 9.78. The summed E-state index contributed by atoms with van der Waals surface area (Å²) in [5.41, 5.74) is 2.75. The molecule has 1 aliphatic carbocycles. The Bertz CT molecular complexity index is 372. The Morgan fingerprint density at radius 1 is 1.18 bits per heavy atom. The second kappa shape index (κ2) is 5.35. The SMILES string of the molecule is CCc1ccc(C2CCC(C(=O)O)CC2)cc1. The molecule has 0 spiro atoms. The van der Waals surface area contributed by atoms with Crippen molar-refractivity contribution >= 4 is 5.97 Å². The van der Waals surface area contributed by atoms with Crippen LogP contribution in [0.4, 0.5) is 0 Å². The first-order valence-corrected chi connectivity index (χ1v) is 6.52. The van der Waals surface area contributed by atoms with E-state index in [9.17, 15) is 4.79 Å². The summed E-state index contributed by atoms with van der Waals surface area (Å²) in [7, 11) is 0. The molecule has 1 aromatic carbocycles. The van der Waals surface area contributed by atoms with Crippen LogP contribution in [0.2, 0.25) is 0 Å². The summed E-state index contributed by atoms with van der Waals surface area (Å²) in [5, 5.41) is 8.96. The van der Waals surface area contributed by atoms with E-state index in [1.165, 1.54) is 11.1 Å². The number of carboxylic acid groups (broad SMARTS) is 1. The van der Waals surface area contributed by atoms with Crippen LogP contribution < -0.4 is 0 Å². The summed E-state index contributed by atoms with van der Waals surface area (Å²) in [4.78, 5) is 10.9. The van der Waals surface area contributed by atoms with Crippen LogP contribution in [-0.2, 0) is 11.2 Å². The molecule has 1 saturated carbocycles. The highest BCUT2D eigenvalue weighted by Crippen LogP contribution is 2.35. The van der Waals surface area contributed by atoms with Gasteiger partial charge >= 0.3 is 5.97 Å². The van der Waals surface area contributed by atoms with Gasteiger partial charge in [-0.2, -0.15) is 0 Å². The molecule has 0 amide bonds. The van der Waals surface area contributed by atoms with Crippen LogP contribution in [0.15, 0.2) is 24.3 Å². The van der Waals surface area contributed by atoms with Crippen LogP contribution in [0.25, 0.3) is 0 Å². The van der Waals surface area contributed by atoms with E-state index in [0.717, 1.165) is 32.1 Å². The summed E-state index contributed by atoms with van der Waals surface area (Å²) >= 11 is 0. The number of carboxylic acids is 1. The van der Waals surface area contributed by atoms with Gasteiger partial charge < -0.3 is 5.11 Å². The maximum atomic E-state index is 10.9. The van der Waals surface area contributed by atoms with E-state index < -0.39 is 5.97 Å². The van der Waals surface area contributed by atoms with Crippen LogP contribution in [0.1, 0.15) is 49.7 Å². The van der Waals surface area contributed by atoms with Gasteiger partial charge in [0, 0.05) is 0 Å². The summed E-state index contributed by atoms with van der Waals surface area (Å²) in [6.07, 6.45) is 4.77. The monoisotopic (exact) mass is 232 g/mol. The molecule has 1 aromatic rings. The normalized spacial score (nSPS) is 24.5. The Balaban J connectivity index is 1.97. The van der Waals surface area contributed by atoms with Gasteiger partial charge in [0.05, 0.1) is 5.92 Å². The Hall–Kier alpha value is -1.31. The molecule has 1 aliphatic rings. The van der Waals surface area contributed by atoms with Gasteiger partial charge in [0.1, 0.15) is 0 Å². The quantitative estimate of drug-likeness (QED) is 0.864. The first-order valence-electron chi connectivity index (χ1n) is 6.52. The Labute approximate surface area is 103 Å². The number of rotatable bonds is 3. The molecule has 0 aromatic heterocycles. The highest BCUT2D eigenvalue weighted by Gasteiger charge is 2.26. The summed E-state index contributed by atoms with van der Waals surface area (Å²) in [5.74, 6) is -0.164. The number of aryl methyl sites for hydroxylation is 1. The third-order valence-corrected chi connectivity index (χ3v) is 3.94. The molecule has 0 heterocycles. The molecule has 92 valence electrons. The molecule has 1 N–H and O–H groups in total. The third-order valence-electron chi connectivity index (χ3n) is 3.94. The van der Waals surface area contributed by atoms with Crippen molar-refractivity contribution in [2.75, 3.05) is 0 Å². The van der Waals surface area contributed by atoms with Gasteiger partial charge in [-0.3, -0.25) is 4.79 Å². The largest absolute Gasteiger partial charge is 0.481 e. The highest BCUT2D eigenvalue weighted by atomic mass is 16.4. The molecule has 2 nitrogen and oxygen atoms in total. The number of carbonyl (C=O) groups is 1. The first kappa shape index (κ1) is 12.2. The average Bonchev–Trinajstić information content (AvgIpc) is 2.39. The van der Waals surface area contributed by atoms with Crippen molar-refractivity contribution < 1.29 is 9.90 Å². The molecule has 17 heavy (non-hydrogen) atoms. The lowest BCUT2D eigenvalue weighted by Gasteiger charge is -2.26. The predicted octanol–water partition coefficient (Wildman–Crippen LogP) is 3.61. The molecule has 0 saturated heterocycles. The Morgan fingerprint density at radius 3 is 2.24 bits per heavy atom. The summed E-state index contributed by atoms with van der Waals surface area (Å²) < 4.78 is 0. The Morgan fingerprint density at radius 2 is 1.76 bits per heavy atom. The van der Waals surface area contributed by atoms with Gasteiger partial charge in [-0.05, 0) is 49.1 Å². The molecule has 0 bridgehead atoms. The van der Waals surface area contributed by atoms with Gasteiger partial charge in [-0.1, -0.05) is 31.2 Å². The zero-order chi connectivity index (χ0) is 12.3. The maximum Gasteiger partial charge on any atom is 0.306 e. The fraction of sp³-hybridized carbons (Fsp3) is 0.533. The molecule has 0 atom stereocenters. The van der Waals surface area contributed by atoms with Gasteiger partial charge in [0.25, 0.3) is 0 Å². The number of benzene rings is 1. The minimum atomic E-state index is -0.621. The second-order valence-corrected chi connectivity index (χ2v) is 4.98. The summed E-state index contributed by atoms with van der Waals surface area (Å²) in [6, 6.07) is 8.81. The topological polar surface area (TPSA) is 37.3 Å². The van der Waals surface area contributed by atoms with E-state index in [1.807, 2.05) is 0 Å². The molecule has 1 fully saturated rings. The molecule has 2 heteroatoms. The molecular weight excluding hydrogens is 212 g/mol. The average molecular weight is 232 g/mol. The minimum absolute atomic E-state index is 0.110. The lowest BCUT2D eigenvalue weighted by Crippen LogP contribution is -2.20. The maximum absolute atomic E-state index is 10.9. The van der Waals surface area contributed by atoms with Gasteiger partial charge in [-0.25, -0.2) is 0 Å². The zero-order valence-electron chi connectivity index (χ0n) is 10.4. The lowest BCUT2D eigenvalue weighted by molar-refractivity contribution is -0.142. The molecular formula is C15H20O2. The van der Waals surface area contributed by atoms with Crippen LogP contribution in [-0.4, -0.2) is 11.1 Å². The highest BCUT2D eigenvalue weighted by molar-refractivity contribution is 5.70. The van der Waals surface area contributed by atoms with Crippen molar-refractivity contribution in [3.8, 4) is 0 Å². The van der Waals surface area contributed by atoms with Gasteiger partial charge in [0.2, 0.25) is 0 Å². The molecule has 2 rings (SSSR count). The van der Waals surface area contributed by atoms with E-state index in [0.29, 0.717) is 5.92 Å². The molecule has 0 unspecified atom stereocenters. The predicted molar refractivity (Wildman–Crippen MR) is 68.2 cm³/mol. The van der Waals surface area contributed by atoms with Crippen LogP contribution in [0, 0.1) is 5.92 Å². The van der Waals surface area contributed by atoms with Crippen LogP contribution in [0.5, 0.6) is 0 Å². The van der Waals surface area contributed by atoms with Crippen molar-refractivity contribution in [2.45, 2.75) is 44.9 Å². The number of hydrogen-bond donors (Lipinski definition) is 1. The van der Waals surface area contributed by atoms with Gasteiger partial charge in [0.15, 0.2) is 0 Å². The van der Waals surface area contributed by atoms with Crippen LogP contribution in [0.3, 0.4) is 0 Å². The standard InChI is InChI=1S/C15H20O2/c1-2-11-3-5-12(6-4-11)13-7-9-14(10-8-13)15(16)17/h3-6,13-14H,2,7-10H2,1H3,(H,16,17). The van der Waals surface area contributed by atoms with Crippen molar-refractivity contribution in [3.05, 3.63) is 35.4 Å². The zero-order valence-corrected chi connectivity index (χ0v) is 10.4. The van der Waals surface area contributed by atoms with E-state index in [4.69, 9.17) is 5.11 Å². The fourth-order valence-electron chi connectivity index (χ4n) is 2.70. The number of hydrogen-bond acceptors (Lipinski definition) is 1. The Kier molecular flexibility index (Phi) is 3.82. The fourth-order valence-corrected chi connectivity index (χ4v) is 2.70. The smallest absolute Gasteiger partial charge is 0.306 e. The van der Waals surface area contributed by atoms with E-state index >= 15 is 0 Å². The molecule has 0 aliphatic heterocycles. The second-order valence-electron chi connectivity index (χ2n) is 4.98. The summed E-state index contributed by atoms with van der Waals surface area (Å²) in [6.45, 7) is 2.16. The third kappa shape index (κ3) is 2.87. The van der Waals surface area contributed by atoms with Crippen LogP contribution >= 0.6 is 0 Å². The van der Waals surface area contributed by atoms with Crippen molar-refractivity contribution in [1.29, 1.82) is 0 Å². The minimum Gasteiger partial charge on any atom is -0.481 e. The van der Waals surface area contributed by atoms with E-state index in [1.54, 1.807) is 0 Å². The molecule has 0 radical (unpaired) electrons. The van der Waals surface area contributed by atoms with Crippen molar-refractivity contribution in [3.63, 3.8) is 0 Å². The van der Waals surface area contributed by atoms with E-state index in [2.05, 4.69) is 31.2 Å². The first-order chi connectivity index (χ1) is 8.20. The van der Waals surface area contributed by atoms with Crippen molar-refractivity contribution in [2.24, 2.45) is 5.92 Å². The van der Waals surface area contributed by atoms with E-state index in [-0.39, 0.29) is 5.92 Å². The van der Waals surface area contributed by atoms with Gasteiger partial charge in [-0.15, -0.1) is 0 Å². The van der Waals surface area contributed by atoms with Crippen molar-refractivity contribution in [1.82, 2.24) is 0 Å². The number of aliphatic carboxylic acids is 1.